The van der Waals surface area contributed by atoms with Crippen LogP contribution >= 0.6 is 15.9 Å². The minimum Gasteiger partial charge on any atom is -0.483 e. The van der Waals surface area contributed by atoms with Crippen molar-refractivity contribution >= 4 is 33.4 Å². The van der Waals surface area contributed by atoms with Crippen molar-refractivity contribution in [3.8, 4) is 5.75 Å². The summed E-state index contributed by atoms with van der Waals surface area (Å²) >= 11 is 3.52. The quantitative estimate of drug-likeness (QED) is 0.618. The molecule has 29 heavy (non-hydrogen) atoms. The molecule has 1 aliphatic heterocycles. The molecule has 1 N–H and O–H groups in total. The van der Waals surface area contributed by atoms with Crippen molar-refractivity contribution in [3.63, 3.8) is 0 Å². The number of nitrogens with one attached hydrogen (secondary N) is 1. The Bertz CT molecular complexity index is 878. The molecule has 0 bridgehead atoms. The van der Waals surface area contributed by atoms with Crippen LogP contribution in [0, 0.1) is 0 Å². The lowest BCUT2D eigenvalue weighted by atomic mass is 9.99. The first-order valence-corrected chi connectivity index (χ1v) is 10.9. The molecule has 0 radical (unpaired) electrons. The van der Waals surface area contributed by atoms with E-state index in [-0.39, 0.29) is 18.4 Å². The van der Waals surface area contributed by atoms with Gasteiger partial charge in [0.25, 0.3) is 11.8 Å². The van der Waals surface area contributed by atoms with Gasteiger partial charge >= 0.3 is 0 Å². The van der Waals surface area contributed by atoms with Gasteiger partial charge in [0.2, 0.25) is 0 Å². The zero-order valence-electron chi connectivity index (χ0n) is 16.9. The zero-order chi connectivity index (χ0) is 20.8. The standard InChI is InChI=1S/C23H27BrN2O3/c1-3-16(2)17-10-11-21(19(24)14-17)29-15-22(27)25-20-9-5-4-8-18(20)23(28)26-12-6-7-13-26/h4-5,8-11,14,16H,3,6-7,12-13,15H2,1-2H3,(H,25,27). The highest BCUT2D eigenvalue weighted by atomic mass is 79.9. The molecule has 1 atom stereocenters. The SMILES string of the molecule is CCC(C)c1ccc(OCC(=O)Nc2ccccc2C(=O)N2CCCC2)c(Br)c1. The van der Waals surface area contributed by atoms with Gasteiger partial charge in [-0.25, -0.2) is 0 Å². The van der Waals surface area contributed by atoms with Gasteiger partial charge in [0.15, 0.2) is 6.61 Å². The van der Waals surface area contributed by atoms with Gasteiger partial charge in [-0.1, -0.05) is 32.0 Å². The smallest absolute Gasteiger partial charge is 0.262 e. The highest BCUT2D eigenvalue weighted by Crippen LogP contribution is 2.30. The van der Waals surface area contributed by atoms with E-state index in [1.165, 1.54) is 5.56 Å². The fraction of sp³-hybridized carbons (Fsp3) is 0.391. The van der Waals surface area contributed by atoms with E-state index in [2.05, 4.69) is 35.1 Å². The molecule has 3 rings (SSSR count). The molecule has 6 heteroatoms. The number of amides is 2. The van der Waals surface area contributed by atoms with Gasteiger partial charge < -0.3 is 15.0 Å². The monoisotopic (exact) mass is 458 g/mol. The van der Waals surface area contributed by atoms with Crippen molar-refractivity contribution in [1.29, 1.82) is 0 Å². The Labute approximate surface area is 180 Å². The lowest BCUT2D eigenvalue weighted by molar-refractivity contribution is -0.118. The molecule has 5 nitrogen and oxygen atoms in total. The summed E-state index contributed by atoms with van der Waals surface area (Å²) in [6.07, 6.45) is 3.11. The van der Waals surface area contributed by atoms with Crippen LogP contribution in [0.1, 0.15) is 54.9 Å². The maximum absolute atomic E-state index is 12.7. The summed E-state index contributed by atoms with van der Waals surface area (Å²) in [6, 6.07) is 13.1. The molecule has 0 aromatic heterocycles. The second kappa shape index (κ2) is 9.92. The lowest BCUT2D eigenvalue weighted by Gasteiger charge is -2.18. The molecule has 2 aromatic rings. The third-order valence-corrected chi connectivity index (χ3v) is 5.94. The predicted octanol–water partition coefficient (Wildman–Crippen LogP) is 5.22. The Morgan fingerprint density at radius 2 is 1.90 bits per heavy atom. The summed E-state index contributed by atoms with van der Waals surface area (Å²) in [7, 11) is 0. The molecule has 1 heterocycles. The predicted molar refractivity (Wildman–Crippen MR) is 119 cm³/mol. The number of halogens is 1. The number of likely N-dealkylation sites (tertiary alicyclic amines) is 1. The van der Waals surface area contributed by atoms with Crippen LogP contribution in [0.5, 0.6) is 5.75 Å². The minimum absolute atomic E-state index is 0.0392. The topological polar surface area (TPSA) is 58.6 Å². The third-order valence-electron chi connectivity index (χ3n) is 5.32. The van der Waals surface area contributed by atoms with E-state index in [9.17, 15) is 9.59 Å². The van der Waals surface area contributed by atoms with Crippen LogP contribution in [0.15, 0.2) is 46.9 Å². The number of anilines is 1. The Balaban J connectivity index is 1.62. The van der Waals surface area contributed by atoms with Gasteiger partial charge in [0.1, 0.15) is 5.75 Å². The van der Waals surface area contributed by atoms with Crippen LogP contribution in [-0.4, -0.2) is 36.4 Å². The summed E-state index contributed by atoms with van der Waals surface area (Å²) < 4.78 is 6.51. The highest BCUT2D eigenvalue weighted by Gasteiger charge is 2.22. The van der Waals surface area contributed by atoms with Gasteiger partial charge in [-0.15, -0.1) is 0 Å². The van der Waals surface area contributed by atoms with Gasteiger partial charge in [0.05, 0.1) is 15.7 Å². The molecule has 1 fully saturated rings. The zero-order valence-corrected chi connectivity index (χ0v) is 18.5. The lowest BCUT2D eigenvalue weighted by Crippen LogP contribution is -2.29. The first kappa shape index (κ1) is 21.4. The average Bonchev–Trinajstić information content (AvgIpc) is 3.27. The highest BCUT2D eigenvalue weighted by molar-refractivity contribution is 9.10. The number of para-hydroxylation sites is 1. The van der Waals surface area contributed by atoms with Crippen molar-refractivity contribution in [2.75, 3.05) is 25.0 Å². The van der Waals surface area contributed by atoms with E-state index < -0.39 is 0 Å². The maximum Gasteiger partial charge on any atom is 0.262 e. The number of nitrogens with zero attached hydrogens (tertiary/aromatic N) is 1. The number of carbonyl (C=O) groups is 2. The van der Waals surface area contributed by atoms with Gasteiger partial charge in [-0.3, -0.25) is 9.59 Å². The average molecular weight is 459 g/mol. The summed E-state index contributed by atoms with van der Waals surface area (Å²) in [5.41, 5.74) is 2.26. The second-order valence-electron chi connectivity index (χ2n) is 7.38. The van der Waals surface area contributed by atoms with Gasteiger partial charge in [-0.05, 0) is 70.9 Å². The van der Waals surface area contributed by atoms with Crippen LogP contribution < -0.4 is 10.1 Å². The Kier molecular flexibility index (Phi) is 7.31. The van der Waals surface area contributed by atoms with E-state index in [1.54, 1.807) is 18.2 Å². The second-order valence-corrected chi connectivity index (χ2v) is 8.24. The molecule has 1 saturated heterocycles. The van der Waals surface area contributed by atoms with E-state index in [4.69, 9.17) is 4.74 Å². The summed E-state index contributed by atoms with van der Waals surface area (Å²) in [5, 5.41) is 2.82. The molecule has 1 unspecified atom stereocenters. The number of rotatable bonds is 7. The Morgan fingerprint density at radius 3 is 2.59 bits per heavy atom. The molecule has 1 aliphatic rings. The Hall–Kier alpha value is -2.34. The fourth-order valence-corrected chi connectivity index (χ4v) is 3.89. The number of ether oxygens (including phenoxy) is 1. The van der Waals surface area contributed by atoms with Crippen LogP contribution in [0.25, 0.3) is 0 Å². The fourth-order valence-electron chi connectivity index (χ4n) is 3.38. The molecule has 0 spiro atoms. The van der Waals surface area contributed by atoms with Crippen LogP contribution in [-0.2, 0) is 4.79 Å². The van der Waals surface area contributed by atoms with E-state index >= 15 is 0 Å². The van der Waals surface area contributed by atoms with E-state index in [0.717, 1.165) is 36.8 Å². The number of hydrogen-bond acceptors (Lipinski definition) is 3. The van der Waals surface area contributed by atoms with Crippen molar-refractivity contribution in [3.05, 3.63) is 58.1 Å². The molecule has 2 amide bonds. The number of carbonyl (C=O) groups excluding carboxylic acids is 2. The summed E-state index contributed by atoms with van der Waals surface area (Å²) in [4.78, 5) is 27.0. The van der Waals surface area contributed by atoms with Crippen LogP contribution in [0.4, 0.5) is 5.69 Å². The molecular formula is C23H27BrN2O3. The molecule has 0 aliphatic carbocycles. The van der Waals surface area contributed by atoms with Crippen molar-refractivity contribution < 1.29 is 14.3 Å². The number of benzene rings is 2. The number of hydrogen-bond donors (Lipinski definition) is 1. The minimum atomic E-state index is -0.301. The maximum atomic E-state index is 12.7. The molecular weight excluding hydrogens is 432 g/mol. The largest absolute Gasteiger partial charge is 0.483 e. The molecule has 2 aromatic carbocycles. The van der Waals surface area contributed by atoms with Crippen LogP contribution in [0.3, 0.4) is 0 Å². The normalized spacial score (nSPS) is 14.5. The summed E-state index contributed by atoms with van der Waals surface area (Å²) in [6.45, 7) is 5.74. The van der Waals surface area contributed by atoms with Crippen molar-refractivity contribution in [2.45, 2.75) is 39.0 Å². The third kappa shape index (κ3) is 5.38. The van der Waals surface area contributed by atoms with E-state index in [1.807, 2.05) is 29.2 Å². The molecule has 154 valence electrons. The Morgan fingerprint density at radius 1 is 1.17 bits per heavy atom. The van der Waals surface area contributed by atoms with Crippen molar-refractivity contribution in [2.24, 2.45) is 0 Å². The van der Waals surface area contributed by atoms with Gasteiger partial charge in [0, 0.05) is 13.1 Å². The summed E-state index contributed by atoms with van der Waals surface area (Å²) in [5.74, 6) is 0.745. The first-order chi connectivity index (χ1) is 14.0. The first-order valence-electron chi connectivity index (χ1n) is 10.1. The van der Waals surface area contributed by atoms with E-state index in [0.29, 0.717) is 22.9 Å². The molecule has 0 saturated carbocycles. The van der Waals surface area contributed by atoms with Gasteiger partial charge in [-0.2, -0.15) is 0 Å². The van der Waals surface area contributed by atoms with Crippen molar-refractivity contribution in [1.82, 2.24) is 4.90 Å². The van der Waals surface area contributed by atoms with Crippen LogP contribution in [0.2, 0.25) is 0 Å².